The summed E-state index contributed by atoms with van der Waals surface area (Å²) in [5.74, 6) is 0. The van der Waals surface area contributed by atoms with E-state index in [1.54, 1.807) is 6.20 Å². The van der Waals surface area contributed by atoms with E-state index in [0.29, 0.717) is 6.54 Å². The first-order valence-corrected chi connectivity index (χ1v) is 12.9. The van der Waals surface area contributed by atoms with Gasteiger partial charge in [0.25, 0.3) is 0 Å². The molecule has 7 nitrogen and oxygen atoms in total. The van der Waals surface area contributed by atoms with Crippen LogP contribution in [0, 0.1) is 13.8 Å². The Balaban J connectivity index is 1.14. The molecular weight excluding hydrogens is 490 g/mol. The van der Waals surface area contributed by atoms with E-state index in [1.807, 2.05) is 58.0 Å². The van der Waals surface area contributed by atoms with E-state index in [2.05, 4.69) is 46.2 Å². The molecule has 0 aliphatic carbocycles. The summed E-state index contributed by atoms with van der Waals surface area (Å²) in [5, 5.41) is 14.1. The van der Waals surface area contributed by atoms with Crippen LogP contribution in [0.1, 0.15) is 22.5 Å². The third-order valence-electron chi connectivity index (χ3n) is 6.66. The number of aromatic nitrogens is 4. The molecule has 1 saturated heterocycles. The molecule has 3 heterocycles. The topological polar surface area (TPSA) is 54.2 Å². The molecule has 1 aliphatic rings. The van der Waals surface area contributed by atoms with Crippen LogP contribution in [0.3, 0.4) is 0 Å². The smallest absolute Gasteiger partial charge is 0.173 e. The Kier molecular flexibility index (Phi) is 7.36. The number of nitrogens with zero attached hydrogens (tertiary/aromatic N) is 6. The number of para-hydroxylation sites is 1. The minimum atomic E-state index is 0.618. The zero-order valence-corrected chi connectivity index (χ0v) is 22.1. The van der Waals surface area contributed by atoms with Gasteiger partial charge < -0.3 is 10.2 Å². The summed E-state index contributed by atoms with van der Waals surface area (Å²) in [4.78, 5) is 4.71. The second-order valence-corrected chi connectivity index (χ2v) is 9.90. The molecule has 9 heteroatoms. The second kappa shape index (κ2) is 10.8. The number of benzene rings is 2. The number of rotatable bonds is 6. The van der Waals surface area contributed by atoms with Crippen molar-refractivity contribution in [3.63, 3.8) is 0 Å². The SMILES string of the molecule is Cc1nn(-c2ccccc2)c(C)c1CN1CCN(C(=S)Nc2cnn(Cc3ccccc3Cl)c2)CC1. The Morgan fingerprint density at radius 3 is 2.44 bits per heavy atom. The average Bonchev–Trinajstić information content (AvgIpc) is 3.45. The molecule has 1 fully saturated rings. The Labute approximate surface area is 222 Å². The summed E-state index contributed by atoms with van der Waals surface area (Å²) in [6.45, 7) is 9.42. The summed E-state index contributed by atoms with van der Waals surface area (Å²) < 4.78 is 3.91. The third kappa shape index (κ3) is 5.46. The van der Waals surface area contributed by atoms with Crippen molar-refractivity contribution in [1.82, 2.24) is 29.4 Å². The summed E-state index contributed by atoms with van der Waals surface area (Å²) in [6.07, 6.45) is 3.76. The van der Waals surface area contributed by atoms with E-state index < -0.39 is 0 Å². The maximum absolute atomic E-state index is 6.28. The molecule has 36 heavy (non-hydrogen) atoms. The first-order chi connectivity index (χ1) is 17.5. The molecule has 5 rings (SSSR count). The van der Waals surface area contributed by atoms with Crippen LogP contribution < -0.4 is 5.32 Å². The van der Waals surface area contributed by atoms with E-state index in [-0.39, 0.29) is 0 Å². The molecule has 0 unspecified atom stereocenters. The van der Waals surface area contributed by atoms with Gasteiger partial charge in [-0.25, -0.2) is 4.68 Å². The molecule has 0 radical (unpaired) electrons. The number of hydrogen-bond donors (Lipinski definition) is 1. The normalized spacial score (nSPS) is 14.2. The Hall–Kier alpha value is -3.20. The largest absolute Gasteiger partial charge is 0.346 e. The minimum Gasteiger partial charge on any atom is -0.346 e. The lowest BCUT2D eigenvalue weighted by molar-refractivity contribution is 0.176. The van der Waals surface area contributed by atoms with Gasteiger partial charge in [-0.3, -0.25) is 9.58 Å². The predicted octanol–water partition coefficient (Wildman–Crippen LogP) is 4.90. The zero-order chi connectivity index (χ0) is 25.1. The summed E-state index contributed by atoms with van der Waals surface area (Å²) >= 11 is 12.0. The molecule has 0 atom stereocenters. The Morgan fingerprint density at radius 2 is 1.69 bits per heavy atom. The van der Waals surface area contributed by atoms with E-state index >= 15 is 0 Å². The molecule has 2 aromatic heterocycles. The second-order valence-electron chi connectivity index (χ2n) is 9.11. The van der Waals surface area contributed by atoms with Crippen molar-refractivity contribution in [1.29, 1.82) is 0 Å². The lowest BCUT2D eigenvalue weighted by Gasteiger charge is -2.36. The van der Waals surface area contributed by atoms with E-state index in [9.17, 15) is 0 Å². The molecule has 1 N–H and O–H groups in total. The lowest BCUT2D eigenvalue weighted by atomic mass is 10.1. The van der Waals surface area contributed by atoms with Crippen LogP contribution in [-0.4, -0.2) is 60.7 Å². The highest BCUT2D eigenvalue weighted by Gasteiger charge is 2.22. The molecule has 0 spiro atoms. The summed E-state index contributed by atoms with van der Waals surface area (Å²) in [6, 6.07) is 18.1. The van der Waals surface area contributed by atoms with Gasteiger partial charge in [-0.2, -0.15) is 10.2 Å². The van der Waals surface area contributed by atoms with Crippen LogP contribution >= 0.6 is 23.8 Å². The maximum Gasteiger partial charge on any atom is 0.173 e. The fourth-order valence-corrected chi connectivity index (χ4v) is 5.07. The highest BCUT2D eigenvalue weighted by molar-refractivity contribution is 7.80. The molecule has 186 valence electrons. The standard InChI is InChI=1S/C27H30ClN7S/c1-20-25(21(2)35(31-20)24-9-4-3-5-10-24)19-32-12-14-33(15-13-32)27(36)30-23-16-29-34(18-23)17-22-8-6-7-11-26(22)28/h3-11,16,18H,12-15,17,19H2,1-2H3,(H,30,36). The lowest BCUT2D eigenvalue weighted by Crippen LogP contribution is -2.49. The van der Waals surface area contributed by atoms with Gasteiger partial charge in [-0.15, -0.1) is 0 Å². The molecule has 0 amide bonds. The van der Waals surface area contributed by atoms with Crippen LogP contribution in [0.15, 0.2) is 67.0 Å². The van der Waals surface area contributed by atoms with Gasteiger partial charge in [0.1, 0.15) is 0 Å². The Bertz CT molecular complexity index is 1340. The summed E-state index contributed by atoms with van der Waals surface area (Å²) in [7, 11) is 0. The predicted molar refractivity (Wildman–Crippen MR) is 149 cm³/mol. The van der Waals surface area contributed by atoms with Crippen molar-refractivity contribution in [3.8, 4) is 5.69 Å². The van der Waals surface area contributed by atoms with Gasteiger partial charge in [0.15, 0.2) is 5.11 Å². The van der Waals surface area contributed by atoms with E-state index in [0.717, 1.165) is 65.5 Å². The fourth-order valence-electron chi connectivity index (χ4n) is 4.58. The van der Waals surface area contributed by atoms with Crippen molar-refractivity contribution in [2.75, 3.05) is 31.5 Å². The average molecular weight is 520 g/mol. The number of aryl methyl sites for hydroxylation is 1. The van der Waals surface area contributed by atoms with E-state index in [1.165, 1.54) is 11.3 Å². The van der Waals surface area contributed by atoms with Crippen molar-refractivity contribution >= 4 is 34.6 Å². The number of piperazine rings is 1. The number of nitrogens with one attached hydrogen (secondary N) is 1. The van der Waals surface area contributed by atoms with Crippen LogP contribution in [-0.2, 0) is 13.1 Å². The van der Waals surface area contributed by atoms with Crippen LogP contribution in [0.2, 0.25) is 5.02 Å². The van der Waals surface area contributed by atoms with Gasteiger partial charge in [0, 0.05) is 55.2 Å². The molecule has 1 aliphatic heterocycles. The molecule has 0 saturated carbocycles. The van der Waals surface area contributed by atoms with E-state index in [4.69, 9.17) is 28.9 Å². The number of thiocarbonyl (C=S) groups is 1. The number of halogens is 1. The van der Waals surface area contributed by atoms with Gasteiger partial charge in [0.05, 0.1) is 29.8 Å². The van der Waals surface area contributed by atoms with Gasteiger partial charge >= 0.3 is 0 Å². The monoisotopic (exact) mass is 519 g/mol. The number of hydrogen-bond acceptors (Lipinski definition) is 4. The minimum absolute atomic E-state index is 0.618. The van der Waals surface area contributed by atoms with Crippen LogP contribution in [0.25, 0.3) is 5.69 Å². The van der Waals surface area contributed by atoms with Gasteiger partial charge in [-0.1, -0.05) is 48.0 Å². The summed E-state index contributed by atoms with van der Waals surface area (Å²) in [5.41, 5.74) is 6.61. The van der Waals surface area contributed by atoms with Crippen LogP contribution in [0.5, 0.6) is 0 Å². The van der Waals surface area contributed by atoms with Crippen molar-refractivity contribution in [2.45, 2.75) is 26.9 Å². The first kappa shape index (κ1) is 24.5. The number of anilines is 1. The molecule has 4 aromatic rings. The van der Waals surface area contributed by atoms with Gasteiger partial charge in [-0.05, 0) is 49.8 Å². The maximum atomic E-state index is 6.28. The first-order valence-electron chi connectivity index (χ1n) is 12.1. The Morgan fingerprint density at radius 1 is 0.972 bits per heavy atom. The van der Waals surface area contributed by atoms with Crippen molar-refractivity contribution in [3.05, 3.63) is 94.5 Å². The fraction of sp³-hybridized carbons (Fsp3) is 0.296. The molecule has 2 aromatic carbocycles. The van der Waals surface area contributed by atoms with Crippen LogP contribution in [0.4, 0.5) is 5.69 Å². The van der Waals surface area contributed by atoms with Crippen molar-refractivity contribution in [2.24, 2.45) is 0 Å². The zero-order valence-electron chi connectivity index (χ0n) is 20.6. The highest BCUT2D eigenvalue weighted by atomic mass is 35.5. The molecular formula is C27H30ClN7S. The highest BCUT2D eigenvalue weighted by Crippen LogP contribution is 2.21. The van der Waals surface area contributed by atoms with Crippen molar-refractivity contribution < 1.29 is 0 Å². The molecule has 0 bridgehead atoms. The van der Waals surface area contributed by atoms with Gasteiger partial charge in [0.2, 0.25) is 0 Å². The third-order valence-corrected chi connectivity index (χ3v) is 7.39. The quantitative estimate of drug-likeness (QED) is 0.366.